The molecule has 0 heterocycles. The van der Waals surface area contributed by atoms with E-state index in [4.69, 9.17) is 9.47 Å². The third kappa shape index (κ3) is 4.70. The van der Waals surface area contributed by atoms with Crippen LogP contribution in [0.4, 0.5) is 0 Å². The van der Waals surface area contributed by atoms with Gasteiger partial charge < -0.3 is 9.47 Å². The number of carbonyl (C=O) groups excluding carboxylic acids is 1. The quantitative estimate of drug-likeness (QED) is 0.273. The second-order valence-corrected chi connectivity index (χ2v) is 2.96. The molecule has 0 N–H and O–H groups in total. The molecular formula is C11H18O3. The minimum atomic E-state index is -0.396. The number of rotatable bonds is 7. The summed E-state index contributed by atoms with van der Waals surface area (Å²) in [6.07, 6.45) is 2.78. The van der Waals surface area contributed by atoms with E-state index in [2.05, 4.69) is 13.2 Å². The minimum absolute atomic E-state index is 0.320. The van der Waals surface area contributed by atoms with Gasteiger partial charge in [0.25, 0.3) is 0 Å². The molecule has 3 heteroatoms. The van der Waals surface area contributed by atoms with Gasteiger partial charge >= 0.3 is 5.97 Å². The smallest absolute Gasteiger partial charge is 0.337 e. The Hall–Kier alpha value is -1.25. The van der Waals surface area contributed by atoms with E-state index in [1.807, 2.05) is 6.92 Å². The predicted molar refractivity (Wildman–Crippen MR) is 55.8 cm³/mol. The van der Waals surface area contributed by atoms with Gasteiger partial charge in [-0.3, -0.25) is 0 Å². The Morgan fingerprint density at radius 1 is 1.57 bits per heavy atom. The summed E-state index contributed by atoms with van der Waals surface area (Å²) in [5.74, 6) is -0.396. The first-order valence-corrected chi connectivity index (χ1v) is 4.75. The molecule has 0 amide bonds. The summed E-state index contributed by atoms with van der Waals surface area (Å²) >= 11 is 0. The van der Waals surface area contributed by atoms with Gasteiger partial charge in [0.1, 0.15) is 6.10 Å². The van der Waals surface area contributed by atoms with Gasteiger partial charge in [-0.05, 0) is 13.3 Å². The zero-order valence-electron chi connectivity index (χ0n) is 8.91. The lowest BCUT2D eigenvalue weighted by Gasteiger charge is -2.13. The van der Waals surface area contributed by atoms with Crippen molar-refractivity contribution in [3.05, 3.63) is 25.0 Å². The molecule has 0 saturated heterocycles. The fourth-order valence-electron chi connectivity index (χ4n) is 0.794. The SMILES string of the molecule is C=COC(C)C(=C)C(=O)OCCCC. The van der Waals surface area contributed by atoms with Crippen molar-refractivity contribution in [2.24, 2.45) is 0 Å². The maximum Gasteiger partial charge on any atom is 0.337 e. The highest BCUT2D eigenvalue weighted by Crippen LogP contribution is 2.06. The largest absolute Gasteiger partial charge is 0.494 e. The molecule has 0 aliphatic rings. The first kappa shape index (κ1) is 12.8. The van der Waals surface area contributed by atoms with Crippen molar-refractivity contribution in [1.82, 2.24) is 0 Å². The molecule has 0 saturated carbocycles. The molecular weight excluding hydrogens is 180 g/mol. The van der Waals surface area contributed by atoms with Crippen molar-refractivity contribution in [3.63, 3.8) is 0 Å². The molecule has 80 valence electrons. The number of unbranched alkanes of at least 4 members (excludes halogenated alkanes) is 1. The van der Waals surface area contributed by atoms with Crippen molar-refractivity contribution in [3.8, 4) is 0 Å². The van der Waals surface area contributed by atoms with Gasteiger partial charge in [-0.1, -0.05) is 26.5 Å². The van der Waals surface area contributed by atoms with Crippen LogP contribution in [0.3, 0.4) is 0 Å². The lowest BCUT2D eigenvalue weighted by atomic mass is 10.2. The van der Waals surface area contributed by atoms with Crippen LogP contribution in [0.15, 0.2) is 25.0 Å². The van der Waals surface area contributed by atoms with Crippen molar-refractivity contribution < 1.29 is 14.3 Å². The summed E-state index contributed by atoms with van der Waals surface area (Å²) in [7, 11) is 0. The Balaban J connectivity index is 3.86. The molecule has 1 unspecified atom stereocenters. The van der Waals surface area contributed by atoms with Gasteiger partial charge in [0.15, 0.2) is 0 Å². The van der Waals surface area contributed by atoms with Crippen LogP contribution in [-0.2, 0) is 14.3 Å². The number of ether oxygens (including phenoxy) is 2. The van der Waals surface area contributed by atoms with E-state index in [-0.39, 0.29) is 6.10 Å². The second kappa shape index (κ2) is 7.18. The van der Waals surface area contributed by atoms with Crippen LogP contribution >= 0.6 is 0 Å². The van der Waals surface area contributed by atoms with Gasteiger partial charge in [0.05, 0.1) is 18.4 Å². The van der Waals surface area contributed by atoms with Crippen molar-refractivity contribution in [1.29, 1.82) is 0 Å². The van der Waals surface area contributed by atoms with E-state index in [9.17, 15) is 4.79 Å². The molecule has 0 rings (SSSR count). The highest BCUT2D eigenvalue weighted by molar-refractivity contribution is 5.88. The first-order valence-electron chi connectivity index (χ1n) is 4.75. The van der Waals surface area contributed by atoms with Crippen LogP contribution < -0.4 is 0 Å². The molecule has 0 aromatic rings. The van der Waals surface area contributed by atoms with Crippen LogP contribution in [-0.4, -0.2) is 18.7 Å². The lowest BCUT2D eigenvalue weighted by Crippen LogP contribution is -2.18. The maximum absolute atomic E-state index is 11.3. The number of esters is 1. The van der Waals surface area contributed by atoms with Crippen molar-refractivity contribution in [2.45, 2.75) is 32.8 Å². The first-order chi connectivity index (χ1) is 6.63. The lowest BCUT2D eigenvalue weighted by molar-refractivity contribution is -0.140. The Kier molecular flexibility index (Phi) is 6.54. The molecule has 14 heavy (non-hydrogen) atoms. The summed E-state index contributed by atoms with van der Waals surface area (Å²) in [6, 6.07) is 0. The van der Waals surface area contributed by atoms with Crippen molar-refractivity contribution in [2.75, 3.05) is 6.61 Å². The third-order valence-corrected chi connectivity index (χ3v) is 1.78. The van der Waals surface area contributed by atoms with Gasteiger partial charge in [0, 0.05) is 0 Å². The standard InChI is InChI=1S/C11H18O3/c1-5-7-8-14-11(12)9(3)10(4)13-6-2/h6,10H,2-3,5,7-8H2,1,4H3. The topological polar surface area (TPSA) is 35.5 Å². The molecule has 1 atom stereocenters. The highest BCUT2D eigenvalue weighted by Gasteiger charge is 2.15. The van der Waals surface area contributed by atoms with Crippen molar-refractivity contribution >= 4 is 5.97 Å². The minimum Gasteiger partial charge on any atom is -0.494 e. The fourth-order valence-corrected chi connectivity index (χ4v) is 0.794. The second-order valence-electron chi connectivity index (χ2n) is 2.96. The maximum atomic E-state index is 11.3. The van der Waals surface area contributed by atoms with E-state index >= 15 is 0 Å². The fraction of sp³-hybridized carbons (Fsp3) is 0.545. The van der Waals surface area contributed by atoms with Gasteiger partial charge in [-0.2, -0.15) is 0 Å². The normalized spacial score (nSPS) is 11.6. The Morgan fingerprint density at radius 2 is 2.21 bits per heavy atom. The third-order valence-electron chi connectivity index (χ3n) is 1.78. The molecule has 0 fully saturated rings. The molecule has 0 radical (unpaired) electrons. The van der Waals surface area contributed by atoms with Gasteiger partial charge in [0.2, 0.25) is 0 Å². The monoisotopic (exact) mass is 198 g/mol. The van der Waals surface area contributed by atoms with E-state index in [1.54, 1.807) is 6.92 Å². The predicted octanol–water partition coefficient (Wildman–Crippen LogP) is 2.43. The van der Waals surface area contributed by atoms with Crippen LogP contribution in [0, 0.1) is 0 Å². The average molecular weight is 198 g/mol. The van der Waals surface area contributed by atoms with Crippen LogP contribution in [0.1, 0.15) is 26.7 Å². The molecule has 0 aliphatic carbocycles. The summed E-state index contributed by atoms with van der Waals surface area (Å²) < 4.78 is 9.95. The Labute approximate surface area is 85.4 Å². The zero-order valence-corrected chi connectivity index (χ0v) is 8.91. The Morgan fingerprint density at radius 3 is 2.71 bits per heavy atom. The molecule has 0 aromatic carbocycles. The van der Waals surface area contributed by atoms with E-state index in [0.717, 1.165) is 12.8 Å². The van der Waals surface area contributed by atoms with E-state index < -0.39 is 5.97 Å². The molecule has 0 aromatic heterocycles. The molecule has 0 bridgehead atoms. The summed E-state index contributed by atoms with van der Waals surface area (Å²) in [5.41, 5.74) is 0.320. The van der Waals surface area contributed by atoms with Crippen LogP contribution in [0.5, 0.6) is 0 Å². The summed E-state index contributed by atoms with van der Waals surface area (Å²) in [6.45, 7) is 11.2. The number of carbonyl (C=O) groups is 1. The highest BCUT2D eigenvalue weighted by atomic mass is 16.5. The molecule has 3 nitrogen and oxygen atoms in total. The Bertz CT molecular complexity index is 209. The van der Waals surface area contributed by atoms with Gasteiger partial charge in [-0.15, -0.1) is 0 Å². The van der Waals surface area contributed by atoms with E-state index in [0.29, 0.717) is 12.2 Å². The van der Waals surface area contributed by atoms with E-state index in [1.165, 1.54) is 6.26 Å². The number of hydrogen-bond acceptors (Lipinski definition) is 3. The van der Waals surface area contributed by atoms with Gasteiger partial charge in [-0.25, -0.2) is 4.79 Å². The molecule has 0 aliphatic heterocycles. The summed E-state index contributed by atoms with van der Waals surface area (Å²) in [5, 5.41) is 0. The summed E-state index contributed by atoms with van der Waals surface area (Å²) in [4.78, 5) is 11.3. The average Bonchev–Trinajstić information content (AvgIpc) is 2.17. The molecule has 0 spiro atoms. The van der Waals surface area contributed by atoms with Crippen LogP contribution in [0.2, 0.25) is 0 Å². The number of hydrogen-bond donors (Lipinski definition) is 0. The zero-order chi connectivity index (χ0) is 11.0. The van der Waals surface area contributed by atoms with Crippen LogP contribution in [0.25, 0.3) is 0 Å².